The Balaban J connectivity index is 2.13. The van der Waals surface area contributed by atoms with Crippen LogP contribution in [0, 0.1) is 0 Å². The highest BCUT2D eigenvalue weighted by molar-refractivity contribution is 5.60. The van der Waals surface area contributed by atoms with Crippen molar-refractivity contribution in [3.05, 3.63) is 48.7 Å². The van der Waals surface area contributed by atoms with Crippen molar-refractivity contribution in [1.82, 2.24) is 14.6 Å². The van der Waals surface area contributed by atoms with E-state index in [1.807, 2.05) is 48.7 Å². The van der Waals surface area contributed by atoms with Crippen molar-refractivity contribution < 1.29 is 4.74 Å². The molecule has 3 rings (SSSR count). The summed E-state index contributed by atoms with van der Waals surface area (Å²) >= 11 is 0. The molecule has 84 valence electrons. The molecule has 0 unspecified atom stereocenters. The highest BCUT2D eigenvalue weighted by Gasteiger charge is 2.06. The Labute approximate surface area is 98.5 Å². The smallest absolute Gasteiger partial charge is 0.182 e. The second kappa shape index (κ2) is 3.90. The predicted octanol–water partition coefficient (Wildman–Crippen LogP) is 2.40. The molecule has 17 heavy (non-hydrogen) atoms. The van der Waals surface area contributed by atoms with Gasteiger partial charge in [-0.25, -0.2) is 9.50 Å². The van der Waals surface area contributed by atoms with Gasteiger partial charge in [0.05, 0.1) is 7.11 Å². The molecule has 0 aliphatic carbocycles. The second-order valence-corrected chi connectivity index (χ2v) is 3.67. The van der Waals surface area contributed by atoms with Crippen LogP contribution in [0.2, 0.25) is 0 Å². The molecule has 0 aliphatic heterocycles. The largest absolute Gasteiger partial charge is 0.497 e. The molecule has 2 aromatic heterocycles. The first kappa shape index (κ1) is 9.84. The molecule has 0 atom stereocenters. The van der Waals surface area contributed by atoms with Crippen LogP contribution in [0.15, 0.2) is 48.7 Å². The lowest BCUT2D eigenvalue weighted by Crippen LogP contribution is -1.86. The third-order valence-electron chi connectivity index (χ3n) is 2.57. The van der Waals surface area contributed by atoms with Gasteiger partial charge in [0.1, 0.15) is 5.75 Å². The minimum absolute atomic E-state index is 0.704. The second-order valence-electron chi connectivity index (χ2n) is 3.67. The summed E-state index contributed by atoms with van der Waals surface area (Å²) in [6.07, 6.45) is 1.88. The SMILES string of the molecule is COc1cccc(-c2nc3ccccn3n2)c1. The molecule has 2 heterocycles. The van der Waals surface area contributed by atoms with Crippen molar-refractivity contribution in [3.63, 3.8) is 0 Å². The molecule has 0 N–H and O–H groups in total. The minimum atomic E-state index is 0.704. The Morgan fingerprint density at radius 3 is 2.88 bits per heavy atom. The van der Waals surface area contributed by atoms with Crippen molar-refractivity contribution in [2.75, 3.05) is 7.11 Å². The van der Waals surface area contributed by atoms with E-state index in [9.17, 15) is 0 Å². The van der Waals surface area contributed by atoms with Gasteiger partial charge in [0.25, 0.3) is 0 Å². The number of aromatic nitrogens is 3. The van der Waals surface area contributed by atoms with Gasteiger partial charge < -0.3 is 4.74 Å². The van der Waals surface area contributed by atoms with Gasteiger partial charge in [-0.05, 0) is 24.3 Å². The maximum absolute atomic E-state index is 5.19. The summed E-state index contributed by atoms with van der Waals surface area (Å²) in [5.74, 6) is 1.51. The average molecular weight is 225 g/mol. The van der Waals surface area contributed by atoms with E-state index in [0.717, 1.165) is 17.0 Å². The maximum Gasteiger partial charge on any atom is 0.182 e. The van der Waals surface area contributed by atoms with Gasteiger partial charge in [0.15, 0.2) is 11.5 Å². The van der Waals surface area contributed by atoms with Crippen molar-refractivity contribution in [1.29, 1.82) is 0 Å². The first-order valence-electron chi connectivity index (χ1n) is 5.33. The fourth-order valence-electron chi connectivity index (χ4n) is 1.72. The Morgan fingerprint density at radius 1 is 1.12 bits per heavy atom. The molecule has 0 spiro atoms. The Hall–Kier alpha value is -2.36. The summed E-state index contributed by atoms with van der Waals surface area (Å²) in [7, 11) is 1.65. The van der Waals surface area contributed by atoms with Gasteiger partial charge in [0.2, 0.25) is 0 Å². The Kier molecular flexibility index (Phi) is 2.26. The molecule has 4 heteroatoms. The van der Waals surface area contributed by atoms with Crippen molar-refractivity contribution in [3.8, 4) is 17.1 Å². The lowest BCUT2D eigenvalue weighted by atomic mass is 10.2. The molecule has 0 radical (unpaired) electrons. The molecule has 3 aromatic rings. The van der Waals surface area contributed by atoms with Gasteiger partial charge in [-0.3, -0.25) is 0 Å². The van der Waals surface area contributed by atoms with Crippen LogP contribution in [0.25, 0.3) is 17.0 Å². The fraction of sp³-hybridized carbons (Fsp3) is 0.0769. The number of fused-ring (bicyclic) bond motifs is 1. The Bertz CT molecular complexity index is 627. The summed E-state index contributed by atoms with van der Waals surface area (Å²) in [6.45, 7) is 0. The standard InChI is InChI=1S/C13H11N3O/c1-17-11-6-4-5-10(9-11)13-14-12-7-2-3-8-16(12)15-13/h2-9H,1H3. The van der Waals surface area contributed by atoms with Crippen molar-refractivity contribution in [2.45, 2.75) is 0 Å². The first-order valence-corrected chi connectivity index (χ1v) is 5.33. The molecule has 0 saturated carbocycles. The molecule has 4 nitrogen and oxygen atoms in total. The van der Waals surface area contributed by atoms with Crippen LogP contribution in [0.4, 0.5) is 0 Å². The predicted molar refractivity (Wildman–Crippen MR) is 65.0 cm³/mol. The van der Waals surface area contributed by atoms with Gasteiger partial charge in [-0.1, -0.05) is 18.2 Å². The summed E-state index contributed by atoms with van der Waals surface area (Å²) < 4.78 is 6.95. The highest BCUT2D eigenvalue weighted by atomic mass is 16.5. The number of pyridine rings is 1. The average Bonchev–Trinajstić information content (AvgIpc) is 2.82. The summed E-state index contributed by atoms with van der Waals surface area (Å²) in [5.41, 5.74) is 1.79. The fourth-order valence-corrected chi connectivity index (χ4v) is 1.72. The van der Waals surface area contributed by atoms with Gasteiger partial charge in [-0.15, -0.1) is 5.10 Å². The van der Waals surface area contributed by atoms with E-state index in [4.69, 9.17) is 4.74 Å². The molecule has 1 aromatic carbocycles. The minimum Gasteiger partial charge on any atom is -0.497 e. The molecule has 0 bridgehead atoms. The monoisotopic (exact) mass is 225 g/mol. The lowest BCUT2D eigenvalue weighted by molar-refractivity contribution is 0.415. The van der Waals surface area contributed by atoms with Crippen molar-refractivity contribution in [2.24, 2.45) is 0 Å². The van der Waals surface area contributed by atoms with Gasteiger partial charge in [0, 0.05) is 11.8 Å². The number of ether oxygens (including phenoxy) is 1. The molecule has 0 saturated heterocycles. The van der Waals surface area contributed by atoms with E-state index in [0.29, 0.717) is 5.82 Å². The number of hydrogen-bond acceptors (Lipinski definition) is 3. The quantitative estimate of drug-likeness (QED) is 0.672. The topological polar surface area (TPSA) is 39.4 Å². The molecule has 0 amide bonds. The number of benzene rings is 1. The molecule has 0 fully saturated rings. The zero-order valence-corrected chi connectivity index (χ0v) is 9.37. The van der Waals surface area contributed by atoms with E-state index in [2.05, 4.69) is 10.1 Å². The summed E-state index contributed by atoms with van der Waals surface area (Å²) in [5, 5.41) is 4.41. The normalized spacial score (nSPS) is 10.6. The number of methoxy groups -OCH3 is 1. The molecular formula is C13H11N3O. The third-order valence-corrected chi connectivity index (χ3v) is 2.57. The van der Waals surface area contributed by atoms with E-state index in [-0.39, 0.29) is 0 Å². The first-order chi connectivity index (χ1) is 8.36. The molecular weight excluding hydrogens is 214 g/mol. The zero-order valence-electron chi connectivity index (χ0n) is 9.37. The summed E-state index contributed by atoms with van der Waals surface area (Å²) in [4.78, 5) is 4.45. The lowest BCUT2D eigenvalue weighted by Gasteiger charge is -2.00. The van der Waals surface area contributed by atoms with Crippen LogP contribution in [0.3, 0.4) is 0 Å². The van der Waals surface area contributed by atoms with Crippen LogP contribution in [-0.4, -0.2) is 21.7 Å². The van der Waals surface area contributed by atoms with E-state index >= 15 is 0 Å². The van der Waals surface area contributed by atoms with Crippen LogP contribution in [0.5, 0.6) is 5.75 Å². The van der Waals surface area contributed by atoms with E-state index < -0.39 is 0 Å². The van der Waals surface area contributed by atoms with Crippen molar-refractivity contribution >= 4 is 5.65 Å². The molecule has 0 aliphatic rings. The van der Waals surface area contributed by atoms with Gasteiger partial charge >= 0.3 is 0 Å². The van der Waals surface area contributed by atoms with Crippen LogP contribution in [0.1, 0.15) is 0 Å². The number of hydrogen-bond donors (Lipinski definition) is 0. The van der Waals surface area contributed by atoms with Crippen LogP contribution in [-0.2, 0) is 0 Å². The summed E-state index contributed by atoms with van der Waals surface area (Å²) in [6, 6.07) is 13.5. The van der Waals surface area contributed by atoms with Crippen LogP contribution >= 0.6 is 0 Å². The Morgan fingerprint density at radius 2 is 2.06 bits per heavy atom. The maximum atomic E-state index is 5.19. The number of nitrogens with zero attached hydrogens (tertiary/aromatic N) is 3. The third kappa shape index (κ3) is 1.73. The number of rotatable bonds is 2. The zero-order chi connectivity index (χ0) is 11.7. The van der Waals surface area contributed by atoms with E-state index in [1.165, 1.54) is 0 Å². The van der Waals surface area contributed by atoms with E-state index in [1.54, 1.807) is 11.6 Å². The van der Waals surface area contributed by atoms with Gasteiger partial charge in [-0.2, -0.15) is 0 Å². The van der Waals surface area contributed by atoms with Crippen LogP contribution < -0.4 is 4.74 Å². The highest BCUT2D eigenvalue weighted by Crippen LogP contribution is 2.21.